The van der Waals surface area contributed by atoms with Crippen molar-refractivity contribution in [2.75, 3.05) is 18.5 Å². The third-order valence-corrected chi connectivity index (χ3v) is 5.05. The molecule has 2 heterocycles. The van der Waals surface area contributed by atoms with E-state index in [1.807, 2.05) is 10.9 Å². The van der Waals surface area contributed by atoms with Gasteiger partial charge in [0.2, 0.25) is 5.91 Å². The molecule has 1 aromatic heterocycles. The van der Waals surface area contributed by atoms with Gasteiger partial charge in [-0.2, -0.15) is 5.10 Å². The molecule has 3 unspecified atom stereocenters. The van der Waals surface area contributed by atoms with Gasteiger partial charge in [-0.3, -0.25) is 9.48 Å². The normalized spacial score (nSPS) is 31.7. The second kappa shape index (κ2) is 5.30. The highest BCUT2D eigenvalue weighted by Gasteiger charge is 2.39. The number of fused-ring (bicyclic) bond motifs is 2. The Morgan fingerprint density at radius 2 is 2.14 bits per heavy atom. The minimum atomic E-state index is 0.145. The summed E-state index contributed by atoms with van der Waals surface area (Å²) in [5.41, 5.74) is 0.818. The Balaban J connectivity index is 1.39. The zero-order valence-corrected chi connectivity index (χ0v) is 12.1. The molecule has 5 heteroatoms. The van der Waals surface area contributed by atoms with Gasteiger partial charge in [0, 0.05) is 25.3 Å². The van der Waals surface area contributed by atoms with Crippen molar-refractivity contribution in [2.45, 2.75) is 31.7 Å². The van der Waals surface area contributed by atoms with E-state index in [2.05, 4.69) is 22.6 Å². The topological polar surface area (TPSA) is 56.2 Å². The molecule has 0 spiro atoms. The zero-order valence-electron chi connectivity index (χ0n) is 12.1. The van der Waals surface area contributed by atoms with Gasteiger partial charge in [-0.25, -0.2) is 0 Å². The number of allylic oxidation sites excluding steroid dienone is 2. The fourth-order valence-corrected chi connectivity index (χ4v) is 3.87. The molecule has 1 aromatic rings. The Hall–Kier alpha value is -1.62. The van der Waals surface area contributed by atoms with Crippen LogP contribution in [0.5, 0.6) is 0 Å². The highest BCUT2D eigenvalue weighted by atomic mass is 16.5. The van der Waals surface area contributed by atoms with Crippen LogP contribution in [0.15, 0.2) is 24.5 Å². The minimum absolute atomic E-state index is 0.145. The van der Waals surface area contributed by atoms with Crippen LogP contribution in [0.25, 0.3) is 0 Å². The molecule has 0 aromatic carbocycles. The van der Waals surface area contributed by atoms with E-state index in [1.165, 1.54) is 0 Å². The van der Waals surface area contributed by atoms with Crippen LogP contribution >= 0.6 is 0 Å². The van der Waals surface area contributed by atoms with Crippen LogP contribution in [0.4, 0.5) is 5.69 Å². The van der Waals surface area contributed by atoms with Crippen molar-refractivity contribution in [3.8, 4) is 0 Å². The molecular weight excluding hydrogens is 266 g/mol. The first-order chi connectivity index (χ1) is 10.3. The SMILES string of the molecule is O=C(Nc1cnn(C2CCOCC2)c1)C1CC2C=CC1C2. The van der Waals surface area contributed by atoms with Crippen LogP contribution in [-0.4, -0.2) is 28.9 Å². The van der Waals surface area contributed by atoms with Gasteiger partial charge >= 0.3 is 0 Å². The second-order valence-electron chi connectivity index (χ2n) is 6.43. The summed E-state index contributed by atoms with van der Waals surface area (Å²) in [6, 6.07) is 0.398. The van der Waals surface area contributed by atoms with Gasteiger partial charge in [0.15, 0.2) is 0 Å². The van der Waals surface area contributed by atoms with E-state index < -0.39 is 0 Å². The largest absolute Gasteiger partial charge is 0.381 e. The van der Waals surface area contributed by atoms with Crippen molar-refractivity contribution in [1.82, 2.24) is 9.78 Å². The number of hydrogen-bond donors (Lipinski definition) is 1. The van der Waals surface area contributed by atoms with E-state index in [4.69, 9.17) is 4.74 Å². The molecule has 1 N–H and O–H groups in total. The molecule has 2 bridgehead atoms. The van der Waals surface area contributed by atoms with E-state index in [0.717, 1.165) is 44.6 Å². The van der Waals surface area contributed by atoms with Crippen LogP contribution in [-0.2, 0) is 9.53 Å². The number of nitrogens with one attached hydrogen (secondary N) is 1. The molecule has 5 nitrogen and oxygen atoms in total. The fraction of sp³-hybridized carbons (Fsp3) is 0.625. The lowest BCUT2D eigenvalue weighted by molar-refractivity contribution is -0.120. The number of ether oxygens (including phenoxy) is 1. The molecule has 2 aliphatic carbocycles. The lowest BCUT2D eigenvalue weighted by Gasteiger charge is -2.22. The van der Waals surface area contributed by atoms with Crippen molar-refractivity contribution in [1.29, 1.82) is 0 Å². The monoisotopic (exact) mass is 287 g/mol. The smallest absolute Gasteiger partial charge is 0.228 e. The summed E-state index contributed by atoms with van der Waals surface area (Å²) in [6.07, 6.45) is 12.3. The van der Waals surface area contributed by atoms with Crippen molar-refractivity contribution in [3.63, 3.8) is 0 Å². The summed E-state index contributed by atoms with van der Waals surface area (Å²) in [4.78, 5) is 12.4. The van der Waals surface area contributed by atoms with E-state index in [0.29, 0.717) is 17.9 Å². The molecule has 1 aliphatic heterocycles. The van der Waals surface area contributed by atoms with E-state index in [-0.39, 0.29) is 11.8 Å². The fourth-order valence-electron chi connectivity index (χ4n) is 3.87. The number of nitrogens with zero attached hydrogens (tertiary/aromatic N) is 2. The van der Waals surface area contributed by atoms with E-state index >= 15 is 0 Å². The standard InChI is InChI=1S/C16H21N3O2/c20-16(15-8-11-1-2-12(15)7-11)18-13-9-17-19(10-13)14-3-5-21-6-4-14/h1-2,9-12,14-15H,3-8H2,(H,18,20). The van der Waals surface area contributed by atoms with Gasteiger partial charge in [0.1, 0.15) is 0 Å². The number of rotatable bonds is 3. The molecule has 21 heavy (non-hydrogen) atoms. The van der Waals surface area contributed by atoms with Crippen molar-refractivity contribution in [2.24, 2.45) is 17.8 Å². The summed E-state index contributed by atoms with van der Waals surface area (Å²) >= 11 is 0. The van der Waals surface area contributed by atoms with Crippen LogP contribution < -0.4 is 5.32 Å². The van der Waals surface area contributed by atoms with E-state index in [1.54, 1.807) is 6.20 Å². The number of carbonyl (C=O) groups is 1. The van der Waals surface area contributed by atoms with Gasteiger partial charge in [-0.05, 0) is 37.5 Å². The predicted octanol–water partition coefficient (Wildman–Crippen LogP) is 2.39. The lowest BCUT2D eigenvalue weighted by atomic mass is 9.93. The predicted molar refractivity (Wildman–Crippen MR) is 78.8 cm³/mol. The van der Waals surface area contributed by atoms with Gasteiger partial charge in [-0.15, -0.1) is 0 Å². The summed E-state index contributed by atoms with van der Waals surface area (Å²) in [5, 5.41) is 7.44. The van der Waals surface area contributed by atoms with Crippen molar-refractivity contribution >= 4 is 11.6 Å². The minimum Gasteiger partial charge on any atom is -0.381 e. The summed E-state index contributed by atoms with van der Waals surface area (Å²) in [6.45, 7) is 1.59. The Morgan fingerprint density at radius 3 is 2.86 bits per heavy atom. The molecule has 0 radical (unpaired) electrons. The van der Waals surface area contributed by atoms with E-state index in [9.17, 15) is 4.79 Å². The van der Waals surface area contributed by atoms with Crippen molar-refractivity contribution in [3.05, 3.63) is 24.5 Å². The molecule has 1 saturated carbocycles. The third-order valence-electron chi connectivity index (χ3n) is 5.05. The van der Waals surface area contributed by atoms with Gasteiger partial charge in [0.05, 0.1) is 17.9 Å². The number of carbonyl (C=O) groups excluding carboxylic acids is 1. The Kier molecular flexibility index (Phi) is 3.30. The molecule has 1 saturated heterocycles. The molecule has 3 atom stereocenters. The summed E-state index contributed by atoms with van der Waals surface area (Å²) < 4.78 is 7.34. The maximum absolute atomic E-state index is 12.4. The Morgan fingerprint density at radius 1 is 1.29 bits per heavy atom. The Labute approximate surface area is 124 Å². The zero-order chi connectivity index (χ0) is 14.2. The quantitative estimate of drug-likeness (QED) is 0.868. The third kappa shape index (κ3) is 2.50. The number of amides is 1. The lowest BCUT2D eigenvalue weighted by Crippen LogP contribution is -2.25. The average molecular weight is 287 g/mol. The van der Waals surface area contributed by atoms with Crippen LogP contribution in [0.2, 0.25) is 0 Å². The molecule has 4 rings (SSSR count). The number of anilines is 1. The molecule has 1 amide bonds. The van der Waals surface area contributed by atoms with Gasteiger partial charge in [0.25, 0.3) is 0 Å². The molecule has 3 aliphatic rings. The Bertz CT molecular complexity index is 560. The maximum Gasteiger partial charge on any atom is 0.228 e. The first-order valence-corrected chi connectivity index (χ1v) is 7.90. The maximum atomic E-state index is 12.4. The summed E-state index contributed by atoms with van der Waals surface area (Å²) in [7, 11) is 0. The van der Waals surface area contributed by atoms with Crippen LogP contribution in [0, 0.1) is 17.8 Å². The van der Waals surface area contributed by atoms with Gasteiger partial charge in [-0.1, -0.05) is 12.2 Å². The van der Waals surface area contributed by atoms with Crippen LogP contribution in [0.3, 0.4) is 0 Å². The summed E-state index contributed by atoms with van der Waals surface area (Å²) in [5.74, 6) is 1.36. The first-order valence-electron chi connectivity index (χ1n) is 7.90. The van der Waals surface area contributed by atoms with Gasteiger partial charge < -0.3 is 10.1 Å². The highest BCUT2D eigenvalue weighted by molar-refractivity contribution is 5.93. The average Bonchev–Trinajstić information content (AvgIpc) is 3.24. The molecule has 112 valence electrons. The second-order valence-corrected chi connectivity index (χ2v) is 6.43. The molecule has 2 fully saturated rings. The first kappa shape index (κ1) is 13.1. The van der Waals surface area contributed by atoms with Crippen molar-refractivity contribution < 1.29 is 9.53 Å². The molecular formula is C16H21N3O2. The highest BCUT2D eigenvalue weighted by Crippen LogP contribution is 2.43. The number of hydrogen-bond acceptors (Lipinski definition) is 3. The van der Waals surface area contributed by atoms with Crippen LogP contribution in [0.1, 0.15) is 31.7 Å². The number of aromatic nitrogens is 2.